The van der Waals surface area contributed by atoms with E-state index in [0.717, 1.165) is 5.56 Å². The Kier molecular flexibility index (Phi) is 3.60. The lowest BCUT2D eigenvalue weighted by Crippen LogP contribution is -1.78. The van der Waals surface area contributed by atoms with Crippen LogP contribution in [-0.4, -0.2) is 6.21 Å². The van der Waals surface area contributed by atoms with Crippen LogP contribution in [0.4, 0.5) is 5.69 Å². The Labute approximate surface area is 104 Å². The van der Waals surface area contributed by atoms with E-state index in [1.165, 1.54) is 0 Å². The molecule has 2 aromatic carbocycles. The highest BCUT2D eigenvalue weighted by Crippen LogP contribution is 2.31. The molecule has 0 bridgehead atoms. The first-order chi connectivity index (χ1) is 7.77. The number of aliphatic imine (C=N–C) groups is 1. The fourth-order valence-electron chi connectivity index (χ4n) is 1.28. The van der Waals surface area contributed by atoms with Crippen molar-refractivity contribution in [2.45, 2.75) is 0 Å². The van der Waals surface area contributed by atoms with E-state index in [-0.39, 0.29) is 0 Å². The normalized spacial score (nSPS) is 10.9. The average molecular weight is 250 g/mol. The van der Waals surface area contributed by atoms with Gasteiger partial charge in [0, 0.05) is 6.21 Å². The Morgan fingerprint density at radius 2 is 1.62 bits per heavy atom. The number of halogens is 2. The number of hydrogen-bond donors (Lipinski definition) is 0. The molecule has 0 spiro atoms. The van der Waals surface area contributed by atoms with Crippen LogP contribution in [0.5, 0.6) is 0 Å². The quantitative estimate of drug-likeness (QED) is 0.682. The molecule has 0 N–H and O–H groups in total. The van der Waals surface area contributed by atoms with Crippen molar-refractivity contribution in [2.24, 2.45) is 4.99 Å². The molecule has 0 aliphatic heterocycles. The van der Waals surface area contributed by atoms with Crippen LogP contribution < -0.4 is 0 Å². The van der Waals surface area contributed by atoms with Crippen LogP contribution in [0.1, 0.15) is 5.56 Å². The van der Waals surface area contributed by atoms with Gasteiger partial charge in [-0.15, -0.1) is 0 Å². The van der Waals surface area contributed by atoms with Crippen molar-refractivity contribution in [2.75, 3.05) is 0 Å². The molecule has 0 saturated heterocycles. The van der Waals surface area contributed by atoms with Crippen LogP contribution in [0.15, 0.2) is 53.5 Å². The molecule has 2 aromatic rings. The molecule has 0 saturated carbocycles. The second kappa shape index (κ2) is 5.15. The number of benzene rings is 2. The summed E-state index contributed by atoms with van der Waals surface area (Å²) < 4.78 is 0. The van der Waals surface area contributed by atoms with Gasteiger partial charge in [0.15, 0.2) is 0 Å². The highest BCUT2D eigenvalue weighted by molar-refractivity contribution is 6.43. The molecule has 3 heteroatoms. The molecule has 2 rings (SSSR count). The maximum Gasteiger partial charge on any atom is 0.0848 e. The van der Waals surface area contributed by atoms with E-state index >= 15 is 0 Å². The van der Waals surface area contributed by atoms with Gasteiger partial charge < -0.3 is 0 Å². The molecular formula is C13H9Cl2N. The Bertz CT molecular complexity index is 507. The summed E-state index contributed by atoms with van der Waals surface area (Å²) in [7, 11) is 0. The minimum Gasteiger partial charge on any atom is -0.255 e. The van der Waals surface area contributed by atoms with E-state index in [1.807, 2.05) is 42.5 Å². The molecule has 0 aliphatic rings. The van der Waals surface area contributed by atoms with Crippen molar-refractivity contribution in [3.05, 3.63) is 64.1 Å². The van der Waals surface area contributed by atoms with E-state index in [0.29, 0.717) is 15.7 Å². The van der Waals surface area contributed by atoms with E-state index in [9.17, 15) is 0 Å². The lowest BCUT2D eigenvalue weighted by atomic mass is 10.2. The van der Waals surface area contributed by atoms with Crippen LogP contribution in [0.25, 0.3) is 0 Å². The van der Waals surface area contributed by atoms with Crippen molar-refractivity contribution in [3.8, 4) is 0 Å². The third-order valence-electron chi connectivity index (χ3n) is 2.08. The van der Waals surface area contributed by atoms with Crippen molar-refractivity contribution in [1.29, 1.82) is 0 Å². The Morgan fingerprint density at radius 3 is 2.38 bits per heavy atom. The van der Waals surface area contributed by atoms with E-state index in [2.05, 4.69) is 4.99 Å². The molecule has 80 valence electrons. The fraction of sp³-hybridized carbons (Fsp3) is 0. The molecule has 0 unspecified atom stereocenters. The molecule has 0 fully saturated rings. The number of rotatable bonds is 2. The molecule has 16 heavy (non-hydrogen) atoms. The molecule has 0 heterocycles. The third-order valence-corrected chi connectivity index (χ3v) is 2.89. The van der Waals surface area contributed by atoms with Crippen molar-refractivity contribution in [3.63, 3.8) is 0 Å². The predicted octanol–water partition coefficient (Wildman–Crippen LogP) is 4.74. The monoisotopic (exact) mass is 249 g/mol. The van der Waals surface area contributed by atoms with Crippen LogP contribution in [-0.2, 0) is 0 Å². The largest absolute Gasteiger partial charge is 0.255 e. The van der Waals surface area contributed by atoms with E-state index < -0.39 is 0 Å². The van der Waals surface area contributed by atoms with Crippen LogP contribution >= 0.6 is 23.2 Å². The molecule has 0 amide bonds. The van der Waals surface area contributed by atoms with Gasteiger partial charge in [-0.25, -0.2) is 0 Å². The van der Waals surface area contributed by atoms with Crippen molar-refractivity contribution < 1.29 is 0 Å². The first-order valence-electron chi connectivity index (χ1n) is 4.80. The lowest BCUT2D eigenvalue weighted by molar-refractivity contribution is 1.52. The Morgan fingerprint density at radius 1 is 0.875 bits per heavy atom. The summed E-state index contributed by atoms with van der Waals surface area (Å²) in [6.45, 7) is 0. The second-order valence-electron chi connectivity index (χ2n) is 3.24. The van der Waals surface area contributed by atoms with Crippen molar-refractivity contribution in [1.82, 2.24) is 0 Å². The molecule has 0 atom stereocenters. The number of nitrogens with zero attached hydrogens (tertiary/aromatic N) is 1. The smallest absolute Gasteiger partial charge is 0.0848 e. The van der Waals surface area contributed by atoms with Crippen molar-refractivity contribution >= 4 is 35.1 Å². The van der Waals surface area contributed by atoms with Gasteiger partial charge >= 0.3 is 0 Å². The summed E-state index contributed by atoms with van der Waals surface area (Å²) in [6, 6.07) is 15.2. The maximum atomic E-state index is 6.01. The molecule has 0 aliphatic carbocycles. The standard InChI is InChI=1S/C13H9Cl2N/c14-11-7-4-8-12(13(11)15)16-9-10-5-2-1-3-6-10/h1-9H. The average Bonchev–Trinajstić information content (AvgIpc) is 2.32. The van der Waals surface area contributed by atoms with Crippen LogP contribution in [0, 0.1) is 0 Å². The van der Waals surface area contributed by atoms with Crippen LogP contribution in [0.2, 0.25) is 10.0 Å². The molecular weight excluding hydrogens is 241 g/mol. The Hall–Kier alpha value is -1.31. The van der Waals surface area contributed by atoms with Gasteiger partial charge in [0.25, 0.3) is 0 Å². The zero-order chi connectivity index (χ0) is 11.4. The Balaban J connectivity index is 2.28. The number of hydrogen-bond acceptors (Lipinski definition) is 1. The summed E-state index contributed by atoms with van der Waals surface area (Å²) in [6.07, 6.45) is 1.76. The third kappa shape index (κ3) is 2.63. The summed E-state index contributed by atoms with van der Waals surface area (Å²) in [5.41, 5.74) is 1.71. The fourth-order valence-corrected chi connectivity index (χ4v) is 1.62. The molecule has 1 nitrogen and oxygen atoms in total. The summed E-state index contributed by atoms with van der Waals surface area (Å²) in [5, 5.41) is 1.00. The first-order valence-corrected chi connectivity index (χ1v) is 5.56. The summed E-state index contributed by atoms with van der Waals surface area (Å²) in [5.74, 6) is 0. The summed E-state index contributed by atoms with van der Waals surface area (Å²) in [4.78, 5) is 4.30. The van der Waals surface area contributed by atoms with Gasteiger partial charge in [-0.3, -0.25) is 4.99 Å². The highest BCUT2D eigenvalue weighted by Gasteiger charge is 2.01. The van der Waals surface area contributed by atoms with Gasteiger partial charge in [0.05, 0.1) is 15.7 Å². The SMILES string of the molecule is Clc1cccc(N=Cc2ccccc2)c1Cl. The van der Waals surface area contributed by atoms with E-state index in [4.69, 9.17) is 23.2 Å². The first kappa shape index (κ1) is 11.2. The van der Waals surface area contributed by atoms with Crippen LogP contribution in [0.3, 0.4) is 0 Å². The summed E-state index contributed by atoms with van der Waals surface area (Å²) >= 11 is 11.9. The predicted molar refractivity (Wildman–Crippen MR) is 70.2 cm³/mol. The molecule has 0 radical (unpaired) electrons. The second-order valence-corrected chi connectivity index (χ2v) is 4.03. The minimum absolute atomic E-state index is 0.483. The van der Waals surface area contributed by atoms with Gasteiger partial charge in [-0.1, -0.05) is 59.6 Å². The van der Waals surface area contributed by atoms with Gasteiger partial charge in [-0.05, 0) is 17.7 Å². The lowest BCUT2D eigenvalue weighted by Gasteiger charge is -1.99. The minimum atomic E-state index is 0.483. The van der Waals surface area contributed by atoms with Gasteiger partial charge in [0.1, 0.15) is 0 Å². The topological polar surface area (TPSA) is 12.4 Å². The van der Waals surface area contributed by atoms with E-state index in [1.54, 1.807) is 12.3 Å². The zero-order valence-corrected chi connectivity index (χ0v) is 9.91. The van der Waals surface area contributed by atoms with Gasteiger partial charge in [0.2, 0.25) is 0 Å². The maximum absolute atomic E-state index is 6.01. The zero-order valence-electron chi connectivity index (χ0n) is 8.40. The molecule has 0 aromatic heterocycles. The highest BCUT2D eigenvalue weighted by atomic mass is 35.5. The van der Waals surface area contributed by atoms with Gasteiger partial charge in [-0.2, -0.15) is 0 Å².